The fraction of sp³-hybridized carbons (Fsp3) is 0.318. The minimum absolute atomic E-state index is 0.115. The van der Waals surface area contributed by atoms with Gasteiger partial charge in [-0.15, -0.1) is 0 Å². The fourth-order valence-electron chi connectivity index (χ4n) is 3.82. The van der Waals surface area contributed by atoms with Gasteiger partial charge in [0.15, 0.2) is 0 Å². The quantitative estimate of drug-likeness (QED) is 0.644. The van der Waals surface area contributed by atoms with Crippen molar-refractivity contribution in [3.05, 3.63) is 89.5 Å². The van der Waals surface area contributed by atoms with Crippen molar-refractivity contribution in [2.24, 2.45) is 0 Å². The molecule has 1 fully saturated rings. The van der Waals surface area contributed by atoms with Crippen molar-refractivity contribution in [3.63, 3.8) is 0 Å². The molecule has 0 unspecified atom stereocenters. The van der Waals surface area contributed by atoms with Crippen LogP contribution in [0.4, 0.5) is 8.78 Å². The number of rotatable bonds is 5. The Morgan fingerprint density at radius 1 is 0.852 bits per heavy atom. The van der Waals surface area contributed by atoms with Gasteiger partial charge in [-0.05, 0) is 61.1 Å². The molecule has 4 rings (SSSR count). The summed E-state index contributed by atoms with van der Waals surface area (Å²) in [5, 5.41) is 0. The number of hydrogen-bond acceptors (Lipinski definition) is 2. The molecular formula is C22H22F2N2O. The zero-order chi connectivity index (χ0) is 18.6. The Bertz CT molecular complexity index is 794. The smallest absolute Gasteiger partial charge is 0.123 e. The van der Waals surface area contributed by atoms with Crippen LogP contribution in [0.15, 0.2) is 61.1 Å². The van der Waals surface area contributed by atoms with Crippen LogP contribution in [0.2, 0.25) is 0 Å². The van der Waals surface area contributed by atoms with Crippen LogP contribution in [-0.2, 0) is 4.74 Å². The Kier molecular flexibility index (Phi) is 5.30. The summed E-state index contributed by atoms with van der Waals surface area (Å²) in [5.41, 5.74) is 2.93. The van der Waals surface area contributed by atoms with Gasteiger partial charge in [-0.1, -0.05) is 24.3 Å². The number of nitrogens with one attached hydrogen (secondary N) is 1. The molecule has 1 aliphatic rings. The third-order valence-electron chi connectivity index (χ3n) is 5.31. The Morgan fingerprint density at radius 2 is 1.41 bits per heavy atom. The lowest BCUT2D eigenvalue weighted by Gasteiger charge is -2.31. The molecule has 0 spiro atoms. The van der Waals surface area contributed by atoms with E-state index in [1.807, 2.05) is 6.20 Å². The van der Waals surface area contributed by atoms with E-state index >= 15 is 0 Å². The third-order valence-corrected chi connectivity index (χ3v) is 5.31. The Hall–Kier alpha value is -2.53. The number of H-pyrrole nitrogens is 1. The molecule has 1 saturated carbocycles. The van der Waals surface area contributed by atoms with E-state index in [9.17, 15) is 8.78 Å². The van der Waals surface area contributed by atoms with Crippen LogP contribution < -0.4 is 0 Å². The van der Waals surface area contributed by atoms with Crippen LogP contribution in [0.1, 0.15) is 54.5 Å². The first kappa shape index (κ1) is 17.9. The van der Waals surface area contributed by atoms with E-state index in [0.29, 0.717) is 5.92 Å². The second kappa shape index (κ2) is 8.01. The molecule has 0 aliphatic heterocycles. The van der Waals surface area contributed by atoms with Gasteiger partial charge < -0.3 is 9.72 Å². The number of nitrogens with zero attached hydrogens (tertiary/aromatic N) is 1. The number of hydrogen-bond donors (Lipinski definition) is 1. The minimum Gasteiger partial charge on any atom is -0.366 e. The van der Waals surface area contributed by atoms with Crippen molar-refractivity contribution in [3.8, 4) is 0 Å². The molecule has 2 aromatic carbocycles. The summed E-state index contributed by atoms with van der Waals surface area (Å²) in [6.07, 6.45) is 7.36. The van der Waals surface area contributed by atoms with Gasteiger partial charge in [-0.3, -0.25) is 0 Å². The summed E-state index contributed by atoms with van der Waals surface area (Å²) >= 11 is 0. The van der Waals surface area contributed by atoms with Gasteiger partial charge in [-0.2, -0.15) is 0 Å². The van der Waals surface area contributed by atoms with Gasteiger partial charge >= 0.3 is 0 Å². The van der Waals surface area contributed by atoms with Gasteiger partial charge in [0.2, 0.25) is 0 Å². The van der Waals surface area contributed by atoms with Crippen molar-refractivity contribution in [2.75, 3.05) is 0 Å². The van der Waals surface area contributed by atoms with Crippen LogP contribution >= 0.6 is 0 Å². The first-order chi connectivity index (χ1) is 13.2. The maximum absolute atomic E-state index is 13.3. The minimum atomic E-state index is -0.333. The van der Waals surface area contributed by atoms with E-state index in [-0.39, 0.29) is 23.8 Å². The van der Waals surface area contributed by atoms with Crippen molar-refractivity contribution >= 4 is 0 Å². The average molecular weight is 368 g/mol. The molecule has 1 aromatic heterocycles. The summed E-state index contributed by atoms with van der Waals surface area (Å²) in [5.74, 6) is -0.0733. The highest BCUT2D eigenvalue weighted by atomic mass is 19.1. The number of imidazole rings is 1. The van der Waals surface area contributed by atoms with E-state index in [1.54, 1.807) is 30.6 Å². The van der Waals surface area contributed by atoms with Crippen molar-refractivity contribution in [1.82, 2.24) is 9.97 Å². The van der Waals surface area contributed by atoms with E-state index in [4.69, 9.17) is 4.74 Å². The second-order valence-corrected chi connectivity index (χ2v) is 7.10. The summed E-state index contributed by atoms with van der Waals surface area (Å²) in [7, 11) is 0. The topological polar surface area (TPSA) is 37.9 Å². The monoisotopic (exact) mass is 368 g/mol. The first-order valence-corrected chi connectivity index (χ1v) is 9.33. The molecule has 0 atom stereocenters. The van der Waals surface area contributed by atoms with Gasteiger partial charge in [0.1, 0.15) is 17.7 Å². The highest BCUT2D eigenvalue weighted by Crippen LogP contribution is 2.36. The SMILES string of the molecule is Fc1ccc(C(OC2CCC(c3cnc[nH]3)CC2)c2ccc(F)cc2)cc1. The van der Waals surface area contributed by atoms with Crippen LogP contribution in [0, 0.1) is 11.6 Å². The predicted molar refractivity (Wildman–Crippen MR) is 99.3 cm³/mol. The van der Waals surface area contributed by atoms with E-state index in [2.05, 4.69) is 9.97 Å². The van der Waals surface area contributed by atoms with Crippen LogP contribution in [0.3, 0.4) is 0 Å². The first-order valence-electron chi connectivity index (χ1n) is 9.33. The van der Waals surface area contributed by atoms with Crippen LogP contribution in [0.25, 0.3) is 0 Å². The second-order valence-electron chi connectivity index (χ2n) is 7.10. The number of halogens is 2. The Balaban J connectivity index is 1.49. The number of aromatic amines is 1. The van der Waals surface area contributed by atoms with Gasteiger partial charge in [0, 0.05) is 17.8 Å². The zero-order valence-corrected chi connectivity index (χ0v) is 14.9. The molecule has 140 valence electrons. The molecule has 0 amide bonds. The normalized spacial score (nSPS) is 20.1. The lowest BCUT2D eigenvalue weighted by atomic mass is 9.85. The molecule has 0 saturated heterocycles. The van der Waals surface area contributed by atoms with Crippen molar-refractivity contribution in [2.45, 2.75) is 43.8 Å². The average Bonchev–Trinajstić information content (AvgIpc) is 3.23. The van der Waals surface area contributed by atoms with E-state index < -0.39 is 0 Å². The summed E-state index contributed by atoms with van der Waals surface area (Å²) in [4.78, 5) is 7.31. The largest absolute Gasteiger partial charge is 0.366 e. The summed E-state index contributed by atoms with van der Waals surface area (Å²) in [6.45, 7) is 0. The van der Waals surface area contributed by atoms with E-state index in [0.717, 1.165) is 36.8 Å². The Labute approximate surface area is 157 Å². The fourth-order valence-corrected chi connectivity index (χ4v) is 3.82. The molecule has 27 heavy (non-hydrogen) atoms. The molecule has 0 radical (unpaired) electrons. The van der Waals surface area contributed by atoms with Gasteiger partial charge in [-0.25, -0.2) is 13.8 Å². The molecule has 5 heteroatoms. The van der Waals surface area contributed by atoms with Crippen molar-refractivity contribution in [1.29, 1.82) is 0 Å². The number of ether oxygens (including phenoxy) is 1. The molecule has 0 bridgehead atoms. The number of benzene rings is 2. The van der Waals surface area contributed by atoms with E-state index in [1.165, 1.54) is 30.0 Å². The molecule has 3 aromatic rings. The maximum Gasteiger partial charge on any atom is 0.123 e. The summed E-state index contributed by atoms with van der Waals surface area (Å²) < 4.78 is 33.1. The molecule has 1 aliphatic carbocycles. The van der Waals surface area contributed by atoms with Crippen molar-refractivity contribution < 1.29 is 13.5 Å². The van der Waals surface area contributed by atoms with Gasteiger partial charge in [0.05, 0.1) is 12.4 Å². The highest BCUT2D eigenvalue weighted by Gasteiger charge is 2.27. The third kappa shape index (κ3) is 4.25. The predicted octanol–water partition coefficient (Wildman–Crippen LogP) is 5.52. The standard InChI is InChI=1S/C22H22F2N2O/c23-18-7-1-16(2-8-18)22(17-3-9-19(24)10-4-17)27-20-11-5-15(6-12-20)21-13-25-14-26-21/h1-4,7-10,13-15,20,22H,5-6,11-12H2,(H,25,26). The van der Waals surface area contributed by atoms with Crippen LogP contribution in [-0.4, -0.2) is 16.1 Å². The zero-order valence-electron chi connectivity index (χ0n) is 14.9. The molecule has 1 N–H and O–H groups in total. The molecular weight excluding hydrogens is 346 g/mol. The Morgan fingerprint density at radius 3 is 1.89 bits per heavy atom. The lowest BCUT2D eigenvalue weighted by Crippen LogP contribution is -2.23. The number of aromatic nitrogens is 2. The molecule has 1 heterocycles. The maximum atomic E-state index is 13.3. The highest BCUT2D eigenvalue weighted by molar-refractivity contribution is 5.30. The lowest BCUT2D eigenvalue weighted by molar-refractivity contribution is -0.0149. The van der Waals surface area contributed by atoms with Crippen LogP contribution in [0.5, 0.6) is 0 Å². The summed E-state index contributed by atoms with van der Waals surface area (Å²) in [6, 6.07) is 12.7. The van der Waals surface area contributed by atoms with Gasteiger partial charge in [0.25, 0.3) is 0 Å². The molecule has 3 nitrogen and oxygen atoms in total.